The summed E-state index contributed by atoms with van der Waals surface area (Å²) in [4.78, 5) is 4.61. The summed E-state index contributed by atoms with van der Waals surface area (Å²) in [6.07, 6.45) is 1.12. The van der Waals surface area contributed by atoms with Crippen LogP contribution in [0.15, 0.2) is 27.2 Å². The normalized spacial score (nSPS) is 22.4. The summed E-state index contributed by atoms with van der Waals surface area (Å²) >= 11 is 7.43. The van der Waals surface area contributed by atoms with Crippen molar-refractivity contribution >= 4 is 45.1 Å². The van der Waals surface area contributed by atoms with E-state index in [0.717, 1.165) is 28.0 Å². The first-order valence-electron chi connectivity index (χ1n) is 6.81. The Morgan fingerprint density at radius 1 is 1.38 bits per heavy atom. The Morgan fingerprint density at radius 2 is 2.19 bits per heavy atom. The molecule has 0 amide bonds. The molecule has 4 nitrogen and oxygen atoms in total. The van der Waals surface area contributed by atoms with Gasteiger partial charge in [0, 0.05) is 26.9 Å². The lowest BCUT2D eigenvalue weighted by Gasteiger charge is -2.27. The molecular weight excluding hydrogens is 370 g/mol. The quantitative estimate of drug-likeness (QED) is 0.790. The van der Waals surface area contributed by atoms with Crippen LogP contribution in [0.4, 0.5) is 5.69 Å². The predicted octanol–water partition coefficient (Wildman–Crippen LogP) is 4.38. The minimum Gasteiger partial charge on any atom is -0.399 e. The maximum absolute atomic E-state index is 5.84. The highest BCUT2D eigenvalue weighted by Gasteiger charge is 2.30. The first kappa shape index (κ1) is 15.2. The van der Waals surface area contributed by atoms with Gasteiger partial charge in [-0.15, -0.1) is 11.8 Å². The van der Waals surface area contributed by atoms with Crippen LogP contribution in [0.2, 0.25) is 0 Å². The number of hydrogen-bond donors (Lipinski definition) is 1. The Labute approximate surface area is 140 Å². The summed E-state index contributed by atoms with van der Waals surface area (Å²) in [7, 11) is 0. The van der Waals surface area contributed by atoms with Crippen molar-refractivity contribution in [2.45, 2.75) is 23.8 Å². The summed E-state index contributed by atoms with van der Waals surface area (Å²) in [5.74, 6) is 3.65. The molecule has 112 valence electrons. The lowest BCUT2D eigenvalue weighted by Crippen LogP contribution is -2.19. The van der Waals surface area contributed by atoms with Crippen LogP contribution in [0.1, 0.15) is 24.4 Å². The third-order valence-corrected chi connectivity index (χ3v) is 7.30. The minimum absolute atomic E-state index is 0.311. The molecule has 2 unspecified atom stereocenters. The van der Waals surface area contributed by atoms with Gasteiger partial charge in [-0.25, -0.2) is 0 Å². The number of aromatic nitrogens is 2. The topological polar surface area (TPSA) is 64.9 Å². The van der Waals surface area contributed by atoms with Crippen molar-refractivity contribution in [1.82, 2.24) is 10.1 Å². The second kappa shape index (κ2) is 6.62. The van der Waals surface area contributed by atoms with Crippen molar-refractivity contribution in [1.29, 1.82) is 0 Å². The Morgan fingerprint density at radius 3 is 3.00 bits per heavy atom. The highest BCUT2D eigenvalue weighted by atomic mass is 79.9. The summed E-state index contributed by atoms with van der Waals surface area (Å²) < 4.78 is 6.37. The molecule has 1 aromatic heterocycles. The van der Waals surface area contributed by atoms with Gasteiger partial charge in [0.05, 0.1) is 10.8 Å². The SMILES string of the molecule is CCC1SCCSC1c1noc(-c2cc(N)ccc2Br)n1. The van der Waals surface area contributed by atoms with Crippen LogP contribution < -0.4 is 5.73 Å². The monoisotopic (exact) mass is 385 g/mol. The van der Waals surface area contributed by atoms with E-state index in [1.54, 1.807) is 0 Å². The summed E-state index contributed by atoms with van der Waals surface area (Å²) in [6.45, 7) is 2.21. The van der Waals surface area contributed by atoms with E-state index < -0.39 is 0 Å². The average molecular weight is 386 g/mol. The van der Waals surface area contributed by atoms with E-state index in [4.69, 9.17) is 10.3 Å². The van der Waals surface area contributed by atoms with Crippen LogP contribution in [-0.2, 0) is 0 Å². The maximum atomic E-state index is 5.84. The molecule has 7 heteroatoms. The zero-order chi connectivity index (χ0) is 14.8. The van der Waals surface area contributed by atoms with Crippen molar-refractivity contribution < 1.29 is 4.52 Å². The van der Waals surface area contributed by atoms with Crippen LogP contribution in [0, 0.1) is 0 Å². The fraction of sp³-hybridized carbons (Fsp3) is 0.429. The number of hydrogen-bond acceptors (Lipinski definition) is 6. The van der Waals surface area contributed by atoms with E-state index in [0.29, 0.717) is 22.1 Å². The van der Waals surface area contributed by atoms with E-state index in [2.05, 4.69) is 33.0 Å². The van der Waals surface area contributed by atoms with Gasteiger partial charge in [0.1, 0.15) is 0 Å². The molecule has 0 bridgehead atoms. The van der Waals surface area contributed by atoms with Gasteiger partial charge in [-0.3, -0.25) is 0 Å². The summed E-state index contributed by atoms with van der Waals surface area (Å²) in [5, 5.41) is 5.07. The number of thioether (sulfide) groups is 2. The van der Waals surface area contributed by atoms with Gasteiger partial charge in [-0.1, -0.05) is 12.1 Å². The van der Waals surface area contributed by atoms with E-state index in [9.17, 15) is 0 Å². The van der Waals surface area contributed by atoms with Crippen LogP contribution >= 0.6 is 39.5 Å². The molecule has 0 radical (unpaired) electrons. The number of halogens is 1. The first-order valence-corrected chi connectivity index (χ1v) is 9.70. The first-order chi connectivity index (χ1) is 10.2. The van der Waals surface area contributed by atoms with E-state index in [1.165, 1.54) is 5.75 Å². The van der Waals surface area contributed by atoms with Gasteiger partial charge in [0.2, 0.25) is 0 Å². The van der Waals surface area contributed by atoms with Crippen molar-refractivity contribution in [3.63, 3.8) is 0 Å². The molecule has 2 aromatic rings. The molecule has 1 saturated heterocycles. The molecule has 1 aliphatic rings. The van der Waals surface area contributed by atoms with Gasteiger partial charge in [-0.05, 0) is 40.5 Å². The number of nitrogens with zero attached hydrogens (tertiary/aromatic N) is 2. The minimum atomic E-state index is 0.311. The average Bonchev–Trinajstić information content (AvgIpc) is 2.99. The smallest absolute Gasteiger partial charge is 0.259 e. The molecule has 2 atom stereocenters. The molecule has 0 saturated carbocycles. The second-order valence-corrected chi connectivity index (χ2v) is 8.26. The van der Waals surface area contributed by atoms with E-state index >= 15 is 0 Å². The lowest BCUT2D eigenvalue weighted by molar-refractivity contribution is 0.421. The van der Waals surface area contributed by atoms with Gasteiger partial charge in [0.15, 0.2) is 5.82 Å². The fourth-order valence-corrected chi connectivity index (χ4v) is 5.71. The van der Waals surface area contributed by atoms with E-state index in [-0.39, 0.29) is 0 Å². The highest BCUT2D eigenvalue weighted by molar-refractivity contribution is 9.10. The standard InChI is InChI=1S/C14H16BrN3OS2/c1-2-11-12(21-6-5-20-11)13-17-14(19-18-13)9-7-8(16)3-4-10(9)15/h3-4,7,11-12H,2,5-6,16H2,1H3. The van der Waals surface area contributed by atoms with Gasteiger partial charge in [0.25, 0.3) is 5.89 Å². The largest absolute Gasteiger partial charge is 0.399 e. The lowest BCUT2D eigenvalue weighted by atomic mass is 10.2. The maximum Gasteiger partial charge on any atom is 0.259 e. The molecule has 0 aliphatic carbocycles. The third-order valence-electron chi connectivity index (χ3n) is 3.37. The number of anilines is 1. The molecule has 1 aliphatic heterocycles. The molecule has 2 heterocycles. The summed E-state index contributed by atoms with van der Waals surface area (Å²) in [5.41, 5.74) is 7.37. The highest BCUT2D eigenvalue weighted by Crippen LogP contribution is 2.43. The van der Waals surface area contributed by atoms with Crippen LogP contribution in [0.5, 0.6) is 0 Å². The van der Waals surface area contributed by atoms with Crippen molar-refractivity contribution in [2.75, 3.05) is 17.2 Å². The van der Waals surface area contributed by atoms with Gasteiger partial charge in [-0.2, -0.15) is 16.7 Å². The number of benzene rings is 1. The number of nitrogens with two attached hydrogens (primary N) is 1. The van der Waals surface area contributed by atoms with Crippen molar-refractivity contribution in [2.24, 2.45) is 0 Å². The molecule has 3 rings (SSSR count). The van der Waals surface area contributed by atoms with Crippen LogP contribution in [0.3, 0.4) is 0 Å². The number of rotatable bonds is 3. The zero-order valence-electron chi connectivity index (χ0n) is 11.6. The molecule has 0 spiro atoms. The number of nitrogen functional groups attached to an aromatic ring is 1. The second-order valence-electron chi connectivity index (χ2n) is 4.81. The Hall–Kier alpha value is -0.660. The Kier molecular flexibility index (Phi) is 4.81. The molecule has 2 N–H and O–H groups in total. The fourth-order valence-electron chi connectivity index (χ4n) is 2.31. The molecular formula is C14H16BrN3OS2. The van der Waals surface area contributed by atoms with E-state index in [1.807, 2.05) is 41.7 Å². The van der Waals surface area contributed by atoms with Crippen molar-refractivity contribution in [3.8, 4) is 11.5 Å². The third kappa shape index (κ3) is 3.24. The van der Waals surface area contributed by atoms with Gasteiger partial charge >= 0.3 is 0 Å². The summed E-state index contributed by atoms with van der Waals surface area (Å²) in [6, 6.07) is 5.58. The molecule has 21 heavy (non-hydrogen) atoms. The van der Waals surface area contributed by atoms with Crippen molar-refractivity contribution in [3.05, 3.63) is 28.5 Å². The molecule has 1 fully saturated rings. The Bertz CT molecular complexity index is 634. The van der Waals surface area contributed by atoms with Gasteiger partial charge < -0.3 is 10.3 Å². The van der Waals surface area contributed by atoms with Crippen LogP contribution in [-0.4, -0.2) is 26.9 Å². The zero-order valence-corrected chi connectivity index (χ0v) is 14.8. The van der Waals surface area contributed by atoms with Crippen LogP contribution in [0.25, 0.3) is 11.5 Å². The molecule has 1 aromatic carbocycles. The predicted molar refractivity (Wildman–Crippen MR) is 93.6 cm³/mol. The Balaban J connectivity index is 1.90.